The molecule has 2 N–H and O–H groups in total. The van der Waals surface area contributed by atoms with Crippen molar-refractivity contribution in [2.75, 3.05) is 19.6 Å². The van der Waals surface area contributed by atoms with Crippen LogP contribution < -0.4 is 5.73 Å². The van der Waals surface area contributed by atoms with Gasteiger partial charge in [-0.2, -0.15) is 0 Å². The van der Waals surface area contributed by atoms with E-state index in [4.69, 9.17) is 17.3 Å². The van der Waals surface area contributed by atoms with Crippen molar-refractivity contribution in [2.24, 2.45) is 11.7 Å². The summed E-state index contributed by atoms with van der Waals surface area (Å²) in [5.74, 6) is 0.881. The highest BCUT2D eigenvalue weighted by Crippen LogP contribution is 2.20. The van der Waals surface area contributed by atoms with Gasteiger partial charge in [-0.25, -0.2) is 0 Å². The first kappa shape index (κ1) is 14.8. The van der Waals surface area contributed by atoms with E-state index >= 15 is 0 Å². The SMILES string of the molecule is CC1CCCN(CCC(N)c2cccc(Cl)c2)CC1. The van der Waals surface area contributed by atoms with Gasteiger partial charge in [0.15, 0.2) is 0 Å². The van der Waals surface area contributed by atoms with Gasteiger partial charge in [-0.05, 0) is 68.9 Å². The number of hydrogen-bond acceptors (Lipinski definition) is 2. The van der Waals surface area contributed by atoms with Crippen LogP contribution in [0.3, 0.4) is 0 Å². The van der Waals surface area contributed by atoms with Gasteiger partial charge in [-0.1, -0.05) is 30.7 Å². The first-order valence-electron chi connectivity index (χ1n) is 7.38. The summed E-state index contributed by atoms with van der Waals surface area (Å²) in [6.07, 6.45) is 5.03. The van der Waals surface area contributed by atoms with E-state index in [1.807, 2.05) is 18.2 Å². The molecule has 0 bridgehead atoms. The van der Waals surface area contributed by atoms with E-state index in [2.05, 4.69) is 17.9 Å². The monoisotopic (exact) mass is 280 g/mol. The molecule has 0 amide bonds. The minimum Gasteiger partial charge on any atom is -0.324 e. The maximum atomic E-state index is 6.26. The number of halogens is 1. The van der Waals surface area contributed by atoms with Crippen molar-refractivity contribution >= 4 is 11.6 Å². The highest BCUT2D eigenvalue weighted by atomic mass is 35.5. The molecule has 0 saturated carbocycles. The average Bonchev–Trinajstić information content (AvgIpc) is 2.61. The second-order valence-corrected chi connectivity index (χ2v) is 6.26. The van der Waals surface area contributed by atoms with Crippen LogP contribution in [-0.2, 0) is 0 Å². The Bertz CT molecular complexity index is 394. The highest BCUT2D eigenvalue weighted by Gasteiger charge is 2.15. The van der Waals surface area contributed by atoms with E-state index in [0.29, 0.717) is 0 Å². The summed E-state index contributed by atoms with van der Waals surface area (Å²) >= 11 is 6.01. The lowest BCUT2D eigenvalue weighted by atomic mass is 10.0. The zero-order valence-electron chi connectivity index (χ0n) is 11.8. The molecular formula is C16H25ClN2. The van der Waals surface area contributed by atoms with Gasteiger partial charge >= 0.3 is 0 Å². The largest absolute Gasteiger partial charge is 0.324 e. The first-order chi connectivity index (χ1) is 9.15. The van der Waals surface area contributed by atoms with Crippen LogP contribution >= 0.6 is 11.6 Å². The van der Waals surface area contributed by atoms with E-state index < -0.39 is 0 Å². The van der Waals surface area contributed by atoms with Gasteiger partial charge in [0.25, 0.3) is 0 Å². The van der Waals surface area contributed by atoms with Crippen molar-refractivity contribution in [1.82, 2.24) is 4.90 Å². The predicted octanol–water partition coefficient (Wildman–Crippen LogP) is 3.85. The van der Waals surface area contributed by atoms with Crippen molar-refractivity contribution in [1.29, 1.82) is 0 Å². The zero-order valence-corrected chi connectivity index (χ0v) is 12.6. The van der Waals surface area contributed by atoms with Crippen LogP contribution in [0, 0.1) is 5.92 Å². The van der Waals surface area contributed by atoms with E-state index in [1.54, 1.807) is 0 Å². The third-order valence-corrected chi connectivity index (χ3v) is 4.38. The average molecular weight is 281 g/mol. The molecule has 3 heteroatoms. The van der Waals surface area contributed by atoms with Gasteiger partial charge in [0.2, 0.25) is 0 Å². The summed E-state index contributed by atoms with van der Waals surface area (Å²) in [4.78, 5) is 2.56. The van der Waals surface area contributed by atoms with Gasteiger partial charge in [-0.15, -0.1) is 0 Å². The Morgan fingerprint density at radius 2 is 2.21 bits per heavy atom. The quantitative estimate of drug-likeness (QED) is 0.908. The third kappa shape index (κ3) is 4.79. The molecule has 2 nitrogen and oxygen atoms in total. The Morgan fingerprint density at radius 1 is 1.37 bits per heavy atom. The molecule has 2 atom stereocenters. The smallest absolute Gasteiger partial charge is 0.0409 e. The van der Waals surface area contributed by atoms with Crippen molar-refractivity contribution in [2.45, 2.75) is 38.6 Å². The Hall–Kier alpha value is -0.570. The minimum absolute atomic E-state index is 0.0966. The topological polar surface area (TPSA) is 29.3 Å². The van der Waals surface area contributed by atoms with Crippen molar-refractivity contribution < 1.29 is 0 Å². The normalized spacial score (nSPS) is 23.0. The van der Waals surface area contributed by atoms with Gasteiger partial charge in [0, 0.05) is 11.1 Å². The van der Waals surface area contributed by atoms with Crippen LogP contribution in [0.4, 0.5) is 0 Å². The second-order valence-electron chi connectivity index (χ2n) is 5.83. The molecule has 1 aliphatic heterocycles. The van der Waals surface area contributed by atoms with Crippen molar-refractivity contribution in [3.05, 3.63) is 34.9 Å². The lowest BCUT2D eigenvalue weighted by Crippen LogP contribution is -2.28. The Kier molecular flexibility index (Phi) is 5.68. The molecule has 1 heterocycles. The molecule has 2 rings (SSSR count). The van der Waals surface area contributed by atoms with Gasteiger partial charge in [-0.3, -0.25) is 0 Å². The molecular weight excluding hydrogens is 256 g/mol. The molecule has 2 unspecified atom stereocenters. The number of rotatable bonds is 4. The summed E-state index contributed by atoms with van der Waals surface area (Å²) in [6, 6.07) is 8.02. The van der Waals surface area contributed by atoms with Crippen LogP contribution in [0.2, 0.25) is 5.02 Å². The standard InChI is InChI=1S/C16H25ClN2/c1-13-4-3-9-19(10-7-13)11-8-16(18)14-5-2-6-15(17)12-14/h2,5-6,12-13,16H,3-4,7-11,18H2,1H3. The number of hydrogen-bond donors (Lipinski definition) is 1. The van der Waals surface area contributed by atoms with Crippen LogP contribution in [0.5, 0.6) is 0 Å². The predicted molar refractivity (Wildman–Crippen MR) is 82.5 cm³/mol. The summed E-state index contributed by atoms with van der Waals surface area (Å²) < 4.78 is 0. The molecule has 0 aromatic heterocycles. The fraction of sp³-hybridized carbons (Fsp3) is 0.625. The molecule has 1 aromatic rings. The number of benzene rings is 1. The zero-order chi connectivity index (χ0) is 13.7. The van der Waals surface area contributed by atoms with Crippen LogP contribution in [0.1, 0.15) is 44.2 Å². The number of nitrogens with two attached hydrogens (primary N) is 1. The summed E-state index contributed by atoms with van der Waals surface area (Å²) in [7, 11) is 0. The lowest BCUT2D eigenvalue weighted by molar-refractivity contribution is 0.270. The molecule has 0 aliphatic carbocycles. The molecule has 0 radical (unpaired) electrons. The van der Waals surface area contributed by atoms with Crippen molar-refractivity contribution in [3.8, 4) is 0 Å². The summed E-state index contributed by atoms with van der Waals surface area (Å²) in [6.45, 7) is 5.91. The Labute approximate surface area is 121 Å². The molecule has 1 aromatic carbocycles. The van der Waals surface area contributed by atoms with Crippen LogP contribution in [0.25, 0.3) is 0 Å². The summed E-state index contributed by atoms with van der Waals surface area (Å²) in [5.41, 5.74) is 7.41. The van der Waals surface area contributed by atoms with E-state index in [0.717, 1.165) is 29.5 Å². The maximum Gasteiger partial charge on any atom is 0.0409 e. The van der Waals surface area contributed by atoms with E-state index in [1.165, 1.54) is 32.4 Å². The molecule has 19 heavy (non-hydrogen) atoms. The van der Waals surface area contributed by atoms with E-state index in [-0.39, 0.29) is 6.04 Å². The van der Waals surface area contributed by atoms with Crippen LogP contribution in [0.15, 0.2) is 24.3 Å². The molecule has 1 saturated heterocycles. The van der Waals surface area contributed by atoms with Crippen LogP contribution in [-0.4, -0.2) is 24.5 Å². The highest BCUT2D eigenvalue weighted by molar-refractivity contribution is 6.30. The Morgan fingerprint density at radius 3 is 3.00 bits per heavy atom. The third-order valence-electron chi connectivity index (χ3n) is 4.14. The Balaban J connectivity index is 1.81. The molecule has 1 fully saturated rings. The van der Waals surface area contributed by atoms with Gasteiger partial charge in [0.1, 0.15) is 0 Å². The summed E-state index contributed by atoms with van der Waals surface area (Å²) in [5, 5.41) is 0.775. The van der Waals surface area contributed by atoms with Crippen molar-refractivity contribution in [3.63, 3.8) is 0 Å². The minimum atomic E-state index is 0.0966. The maximum absolute atomic E-state index is 6.26. The molecule has 106 valence electrons. The fourth-order valence-corrected chi connectivity index (χ4v) is 2.97. The fourth-order valence-electron chi connectivity index (χ4n) is 2.77. The van der Waals surface area contributed by atoms with Gasteiger partial charge in [0.05, 0.1) is 0 Å². The second kappa shape index (κ2) is 7.28. The molecule has 0 spiro atoms. The van der Waals surface area contributed by atoms with E-state index in [9.17, 15) is 0 Å². The number of likely N-dealkylation sites (tertiary alicyclic amines) is 1. The first-order valence-corrected chi connectivity index (χ1v) is 7.76. The lowest BCUT2D eigenvalue weighted by Gasteiger charge is -2.22. The molecule has 1 aliphatic rings. The van der Waals surface area contributed by atoms with Gasteiger partial charge < -0.3 is 10.6 Å². The number of nitrogens with zero attached hydrogens (tertiary/aromatic N) is 1.